The quantitative estimate of drug-likeness (QED) is 0.488. The van der Waals surface area contributed by atoms with Crippen molar-refractivity contribution in [3.05, 3.63) is 65.6 Å². The summed E-state index contributed by atoms with van der Waals surface area (Å²) in [6, 6.07) is 9.36. The standard InChI is InChI=1S/C24H24F2N6/c1-15-11-16-3-4-18(20(25)21(16)29-13-15)14-31-7-9-32(10-8-31)19-12-17-5-6-28-24(27-2)22(17)30-23(19)26/h3-6,11-13H,7-10,14H2,1-2H3,(H,27,28). The molecule has 1 N–H and O–H groups in total. The second kappa shape index (κ2) is 8.27. The van der Waals surface area contributed by atoms with E-state index < -0.39 is 5.95 Å². The molecule has 6 nitrogen and oxygen atoms in total. The molecule has 164 valence electrons. The topological polar surface area (TPSA) is 57.2 Å². The Morgan fingerprint density at radius 2 is 1.75 bits per heavy atom. The Labute approximate surface area is 184 Å². The Bertz CT molecular complexity index is 1300. The lowest BCUT2D eigenvalue weighted by Crippen LogP contribution is -2.46. The number of piperazine rings is 1. The molecule has 0 spiro atoms. The summed E-state index contributed by atoms with van der Waals surface area (Å²) in [5, 5.41) is 4.60. The molecule has 1 aromatic carbocycles. The third kappa shape index (κ3) is 3.71. The van der Waals surface area contributed by atoms with Gasteiger partial charge in [-0.1, -0.05) is 12.1 Å². The number of nitrogens with zero attached hydrogens (tertiary/aromatic N) is 5. The fraction of sp³-hybridized carbons (Fsp3) is 0.292. The van der Waals surface area contributed by atoms with E-state index in [4.69, 9.17) is 0 Å². The largest absolute Gasteiger partial charge is 0.371 e. The van der Waals surface area contributed by atoms with E-state index in [9.17, 15) is 8.78 Å². The smallest absolute Gasteiger partial charge is 0.237 e. The van der Waals surface area contributed by atoms with E-state index in [2.05, 4.69) is 25.2 Å². The molecule has 0 saturated carbocycles. The zero-order chi connectivity index (χ0) is 22.2. The molecule has 0 aliphatic carbocycles. The maximum Gasteiger partial charge on any atom is 0.237 e. The van der Waals surface area contributed by atoms with Crippen LogP contribution in [0.1, 0.15) is 11.1 Å². The number of rotatable bonds is 4. The van der Waals surface area contributed by atoms with Crippen molar-refractivity contribution in [3.8, 4) is 0 Å². The molecule has 8 heteroatoms. The number of halogens is 2. The minimum absolute atomic E-state index is 0.261. The number of aromatic nitrogens is 3. The Morgan fingerprint density at radius 1 is 0.969 bits per heavy atom. The molecule has 32 heavy (non-hydrogen) atoms. The summed E-state index contributed by atoms with van der Waals surface area (Å²) < 4.78 is 29.8. The number of benzene rings is 1. The van der Waals surface area contributed by atoms with Gasteiger partial charge in [-0.25, -0.2) is 14.4 Å². The van der Waals surface area contributed by atoms with Gasteiger partial charge in [-0.05, 0) is 30.7 Å². The van der Waals surface area contributed by atoms with Crippen molar-refractivity contribution >= 4 is 33.3 Å². The Morgan fingerprint density at radius 3 is 2.53 bits per heavy atom. The fourth-order valence-electron chi connectivity index (χ4n) is 4.30. The minimum atomic E-state index is -0.502. The first-order chi connectivity index (χ1) is 15.5. The van der Waals surface area contributed by atoms with E-state index >= 15 is 0 Å². The van der Waals surface area contributed by atoms with E-state index in [0.29, 0.717) is 60.8 Å². The summed E-state index contributed by atoms with van der Waals surface area (Å²) in [5.74, 6) is -0.208. The van der Waals surface area contributed by atoms with Gasteiger partial charge in [0.2, 0.25) is 5.95 Å². The van der Waals surface area contributed by atoms with Crippen LogP contribution in [-0.4, -0.2) is 53.1 Å². The predicted molar refractivity (Wildman–Crippen MR) is 123 cm³/mol. The van der Waals surface area contributed by atoms with Crippen molar-refractivity contribution in [3.63, 3.8) is 0 Å². The summed E-state index contributed by atoms with van der Waals surface area (Å²) in [7, 11) is 1.74. The monoisotopic (exact) mass is 434 g/mol. The highest BCUT2D eigenvalue weighted by molar-refractivity contribution is 5.90. The van der Waals surface area contributed by atoms with E-state index in [1.165, 1.54) is 0 Å². The summed E-state index contributed by atoms with van der Waals surface area (Å²) in [6.07, 6.45) is 3.37. The lowest BCUT2D eigenvalue weighted by Gasteiger charge is -2.36. The Kier molecular flexibility index (Phi) is 5.30. The number of hydrogen-bond acceptors (Lipinski definition) is 6. The number of pyridine rings is 3. The molecule has 5 rings (SSSR count). The van der Waals surface area contributed by atoms with Crippen LogP contribution in [-0.2, 0) is 6.54 Å². The van der Waals surface area contributed by atoms with Crippen LogP contribution >= 0.6 is 0 Å². The third-order valence-electron chi connectivity index (χ3n) is 6.02. The van der Waals surface area contributed by atoms with Gasteiger partial charge in [-0.2, -0.15) is 4.39 Å². The van der Waals surface area contributed by atoms with Crippen molar-refractivity contribution in [1.82, 2.24) is 19.9 Å². The maximum absolute atomic E-state index is 15.0. The molecule has 0 amide bonds. The molecular formula is C24H24F2N6. The van der Waals surface area contributed by atoms with Crippen LogP contribution in [0.5, 0.6) is 0 Å². The zero-order valence-electron chi connectivity index (χ0n) is 18.1. The van der Waals surface area contributed by atoms with E-state index in [1.54, 1.807) is 19.4 Å². The summed E-state index contributed by atoms with van der Waals surface area (Å²) >= 11 is 0. The van der Waals surface area contributed by atoms with Gasteiger partial charge in [0.05, 0.1) is 5.69 Å². The molecule has 1 saturated heterocycles. The van der Waals surface area contributed by atoms with Gasteiger partial charge in [0.25, 0.3) is 0 Å². The number of nitrogens with one attached hydrogen (secondary N) is 1. The minimum Gasteiger partial charge on any atom is -0.371 e. The average Bonchev–Trinajstić information content (AvgIpc) is 2.80. The maximum atomic E-state index is 15.0. The van der Waals surface area contributed by atoms with E-state index in [0.717, 1.165) is 16.3 Å². The van der Waals surface area contributed by atoms with Crippen LogP contribution < -0.4 is 10.2 Å². The second-order valence-electron chi connectivity index (χ2n) is 8.17. The van der Waals surface area contributed by atoms with Gasteiger partial charge in [0.1, 0.15) is 11.0 Å². The third-order valence-corrected chi connectivity index (χ3v) is 6.02. The lowest BCUT2D eigenvalue weighted by atomic mass is 10.1. The molecule has 1 aliphatic heterocycles. The van der Waals surface area contributed by atoms with Crippen LogP contribution in [0.3, 0.4) is 0 Å². The second-order valence-corrected chi connectivity index (χ2v) is 8.17. The molecule has 0 atom stereocenters. The lowest BCUT2D eigenvalue weighted by molar-refractivity contribution is 0.246. The van der Waals surface area contributed by atoms with Crippen LogP contribution in [0.25, 0.3) is 21.8 Å². The van der Waals surface area contributed by atoms with E-state index in [-0.39, 0.29) is 5.82 Å². The molecule has 0 bridgehead atoms. The molecule has 0 radical (unpaired) electrons. The van der Waals surface area contributed by atoms with Crippen molar-refractivity contribution in [1.29, 1.82) is 0 Å². The number of anilines is 2. The molecule has 4 aromatic rings. The van der Waals surface area contributed by atoms with Crippen molar-refractivity contribution in [2.24, 2.45) is 0 Å². The number of aryl methyl sites for hydroxylation is 1. The molecule has 3 aromatic heterocycles. The van der Waals surface area contributed by atoms with Crippen molar-refractivity contribution in [2.45, 2.75) is 13.5 Å². The molecule has 4 heterocycles. The van der Waals surface area contributed by atoms with Gasteiger partial charge >= 0.3 is 0 Å². The first-order valence-corrected chi connectivity index (χ1v) is 10.7. The molecule has 1 aliphatic rings. The normalized spacial score (nSPS) is 14.9. The van der Waals surface area contributed by atoms with Crippen molar-refractivity contribution < 1.29 is 8.78 Å². The number of hydrogen-bond donors (Lipinski definition) is 1. The van der Waals surface area contributed by atoms with Crippen LogP contribution in [0.2, 0.25) is 0 Å². The van der Waals surface area contributed by atoms with Gasteiger partial charge in [0, 0.05) is 68.5 Å². The molecule has 1 fully saturated rings. The van der Waals surface area contributed by atoms with Gasteiger partial charge < -0.3 is 10.2 Å². The summed E-state index contributed by atoms with van der Waals surface area (Å²) in [4.78, 5) is 16.8. The highest BCUT2D eigenvalue weighted by Crippen LogP contribution is 2.28. The Hall–Kier alpha value is -3.39. The highest BCUT2D eigenvalue weighted by atomic mass is 19.1. The fourth-order valence-corrected chi connectivity index (χ4v) is 4.30. The van der Waals surface area contributed by atoms with Crippen LogP contribution in [0.4, 0.5) is 20.3 Å². The zero-order valence-corrected chi connectivity index (χ0v) is 18.1. The van der Waals surface area contributed by atoms with Gasteiger partial charge in [0.15, 0.2) is 11.6 Å². The first-order valence-electron chi connectivity index (χ1n) is 10.7. The average molecular weight is 434 g/mol. The summed E-state index contributed by atoms with van der Waals surface area (Å²) in [5.41, 5.74) is 3.06. The number of fused-ring (bicyclic) bond motifs is 2. The van der Waals surface area contributed by atoms with Crippen molar-refractivity contribution in [2.75, 3.05) is 43.4 Å². The summed E-state index contributed by atoms with van der Waals surface area (Å²) in [6.45, 7) is 5.13. The van der Waals surface area contributed by atoms with E-state index in [1.807, 2.05) is 42.2 Å². The highest BCUT2D eigenvalue weighted by Gasteiger charge is 2.22. The predicted octanol–water partition coefficient (Wildman–Crippen LogP) is 4.13. The SMILES string of the molecule is CNc1nccc2cc(N3CCN(Cc4ccc5cc(C)cnc5c4F)CC3)c(F)nc12. The Balaban J connectivity index is 1.31. The molecular weight excluding hydrogens is 410 g/mol. The molecule has 0 unspecified atom stereocenters. The van der Waals surface area contributed by atoms with Gasteiger partial charge in [-0.3, -0.25) is 9.88 Å². The first kappa shape index (κ1) is 20.5. The van der Waals surface area contributed by atoms with Crippen LogP contribution in [0.15, 0.2) is 42.7 Å². The van der Waals surface area contributed by atoms with Gasteiger partial charge in [-0.15, -0.1) is 0 Å². The van der Waals surface area contributed by atoms with Crippen LogP contribution in [0, 0.1) is 18.7 Å².